The molecule has 1 aliphatic heterocycles. The maximum Gasteiger partial charge on any atom is 0.405 e. The third-order valence-corrected chi connectivity index (χ3v) is 6.37. The van der Waals surface area contributed by atoms with Crippen LogP contribution in [0.3, 0.4) is 0 Å². The van der Waals surface area contributed by atoms with Crippen LogP contribution < -0.4 is 11.1 Å². The standard InChI is InChI=1S/C26H35ClN2O7.C2H6/c1-15-8-5-10-17(34-3)11-7-12-18-22(30)19(27)14-20(23(18)31)29-25(32)16(2)9-6-13-21(35-4)24(15)36-26(28)33;1-2/h6,8-9,13-14,17,21,24,30-31H,5,7,10-12H2,1-4H3,(H2,28,33)(H,29,32);1-2H3/b13-6-,15-8+,16-9+;. The summed E-state index contributed by atoms with van der Waals surface area (Å²) in [5.41, 5.74) is 6.74. The minimum Gasteiger partial charge on any atom is -0.506 e. The molecule has 2 bridgehead atoms. The van der Waals surface area contributed by atoms with E-state index in [1.165, 1.54) is 13.2 Å². The largest absolute Gasteiger partial charge is 0.506 e. The molecule has 1 heterocycles. The molecule has 0 saturated carbocycles. The minimum atomic E-state index is -0.925. The third kappa shape index (κ3) is 9.70. The van der Waals surface area contributed by atoms with E-state index in [0.717, 1.165) is 5.57 Å². The monoisotopic (exact) mass is 552 g/mol. The molecule has 0 radical (unpaired) electrons. The van der Waals surface area contributed by atoms with Crippen molar-refractivity contribution in [3.05, 3.63) is 52.1 Å². The molecule has 0 aliphatic carbocycles. The number of phenolic OH excluding ortho intramolecular Hbond substituents is 2. The second-order valence-electron chi connectivity index (χ2n) is 8.60. The number of hydrogen-bond donors (Lipinski definition) is 4. The van der Waals surface area contributed by atoms with Crippen LogP contribution in [0.1, 0.15) is 58.9 Å². The zero-order valence-electron chi connectivity index (χ0n) is 23.0. The quantitative estimate of drug-likeness (QED) is 0.212. The van der Waals surface area contributed by atoms with Gasteiger partial charge in [0.1, 0.15) is 17.6 Å². The van der Waals surface area contributed by atoms with Gasteiger partial charge in [0, 0.05) is 25.4 Å². The van der Waals surface area contributed by atoms with Crippen molar-refractivity contribution in [1.29, 1.82) is 0 Å². The number of phenols is 2. The number of nitrogens with two attached hydrogens (primary N) is 1. The average molecular weight is 553 g/mol. The van der Waals surface area contributed by atoms with Crippen LogP contribution in [0, 0.1) is 0 Å². The van der Waals surface area contributed by atoms with Crippen molar-refractivity contribution in [2.45, 2.75) is 78.1 Å². The smallest absolute Gasteiger partial charge is 0.405 e. The number of fused-ring (bicyclic) bond motifs is 2. The van der Waals surface area contributed by atoms with Gasteiger partial charge >= 0.3 is 6.09 Å². The summed E-state index contributed by atoms with van der Waals surface area (Å²) in [5.74, 6) is -0.924. The van der Waals surface area contributed by atoms with Gasteiger partial charge in [-0.15, -0.1) is 0 Å². The highest BCUT2D eigenvalue weighted by molar-refractivity contribution is 6.32. The number of halogens is 1. The Balaban J connectivity index is 0.00000352. The molecule has 2 amide bonds. The van der Waals surface area contributed by atoms with Gasteiger partial charge in [0.2, 0.25) is 0 Å². The molecular weight excluding hydrogens is 512 g/mol. The summed E-state index contributed by atoms with van der Waals surface area (Å²) in [7, 11) is 3.10. The molecule has 10 heteroatoms. The van der Waals surface area contributed by atoms with E-state index in [2.05, 4.69) is 5.32 Å². The lowest BCUT2D eigenvalue weighted by Gasteiger charge is -2.24. The lowest BCUT2D eigenvalue weighted by atomic mass is 9.99. The number of methoxy groups -OCH3 is 2. The van der Waals surface area contributed by atoms with Crippen LogP contribution in [0.5, 0.6) is 11.5 Å². The number of benzene rings is 1. The van der Waals surface area contributed by atoms with Crippen LogP contribution in [-0.4, -0.2) is 54.7 Å². The van der Waals surface area contributed by atoms with Crippen molar-refractivity contribution in [3.63, 3.8) is 0 Å². The molecule has 1 aromatic rings. The van der Waals surface area contributed by atoms with E-state index in [-0.39, 0.29) is 33.9 Å². The van der Waals surface area contributed by atoms with Crippen LogP contribution in [0.25, 0.3) is 0 Å². The number of aromatic hydroxyl groups is 2. The van der Waals surface area contributed by atoms with Crippen molar-refractivity contribution in [2.75, 3.05) is 19.5 Å². The fourth-order valence-corrected chi connectivity index (χ4v) is 4.19. The number of amides is 2. The highest BCUT2D eigenvalue weighted by Crippen LogP contribution is 2.41. The maximum atomic E-state index is 12.7. The Labute approximate surface area is 230 Å². The predicted molar refractivity (Wildman–Crippen MR) is 150 cm³/mol. The number of carbonyl (C=O) groups is 2. The third-order valence-electron chi connectivity index (χ3n) is 6.08. The number of allylic oxidation sites excluding steroid dienone is 3. The summed E-state index contributed by atoms with van der Waals surface area (Å²) in [6.07, 6.45) is 7.28. The van der Waals surface area contributed by atoms with Crippen molar-refractivity contribution < 1.29 is 34.0 Å². The van der Waals surface area contributed by atoms with Crippen LogP contribution in [-0.2, 0) is 25.4 Å². The molecule has 0 spiro atoms. The summed E-state index contributed by atoms with van der Waals surface area (Å²) in [4.78, 5) is 24.3. The Hall–Kier alpha value is -3.01. The normalized spacial score (nSPS) is 24.9. The lowest BCUT2D eigenvalue weighted by Crippen LogP contribution is -2.34. The number of rotatable bonds is 3. The van der Waals surface area contributed by atoms with E-state index in [1.54, 1.807) is 32.3 Å². The fourth-order valence-electron chi connectivity index (χ4n) is 3.97. The second kappa shape index (κ2) is 16.8. The van der Waals surface area contributed by atoms with E-state index in [1.807, 2.05) is 26.8 Å². The van der Waals surface area contributed by atoms with Gasteiger partial charge in [0.15, 0.2) is 6.10 Å². The first-order chi connectivity index (χ1) is 18.1. The molecule has 0 fully saturated rings. The Morgan fingerprint density at radius 2 is 1.82 bits per heavy atom. The first-order valence-electron chi connectivity index (χ1n) is 12.7. The Bertz CT molecular complexity index is 1040. The number of nitrogens with one attached hydrogen (secondary N) is 1. The van der Waals surface area contributed by atoms with E-state index in [9.17, 15) is 19.8 Å². The van der Waals surface area contributed by atoms with E-state index in [4.69, 9.17) is 31.5 Å². The maximum absolute atomic E-state index is 12.7. The van der Waals surface area contributed by atoms with Crippen LogP contribution in [0.4, 0.5) is 10.5 Å². The van der Waals surface area contributed by atoms with Crippen LogP contribution >= 0.6 is 11.6 Å². The summed E-state index contributed by atoms with van der Waals surface area (Å²) >= 11 is 6.17. The zero-order valence-corrected chi connectivity index (χ0v) is 23.8. The number of hydrogen-bond acceptors (Lipinski definition) is 7. The Morgan fingerprint density at radius 1 is 1.13 bits per heavy atom. The number of carbonyl (C=O) groups excluding carboxylic acids is 2. The summed E-state index contributed by atoms with van der Waals surface area (Å²) in [6, 6.07) is 1.30. The second-order valence-corrected chi connectivity index (χ2v) is 9.01. The summed E-state index contributed by atoms with van der Waals surface area (Å²) in [5, 5.41) is 23.8. The molecule has 5 N–H and O–H groups in total. The van der Waals surface area contributed by atoms with Gasteiger partial charge in [-0.2, -0.15) is 0 Å². The fraction of sp³-hybridized carbons (Fsp3) is 0.500. The average Bonchev–Trinajstić information content (AvgIpc) is 2.89. The molecule has 0 saturated heterocycles. The van der Waals surface area contributed by atoms with Gasteiger partial charge in [0.25, 0.3) is 5.91 Å². The highest BCUT2D eigenvalue weighted by atomic mass is 35.5. The van der Waals surface area contributed by atoms with Crippen LogP contribution in [0.2, 0.25) is 5.02 Å². The van der Waals surface area contributed by atoms with Crippen molar-refractivity contribution in [3.8, 4) is 11.5 Å². The van der Waals surface area contributed by atoms with Gasteiger partial charge in [-0.3, -0.25) is 4.79 Å². The predicted octanol–water partition coefficient (Wildman–Crippen LogP) is 5.78. The summed E-state index contributed by atoms with van der Waals surface area (Å²) in [6.45, 7) is 7.42. The van der Waals surface area contributed by atoms with Crippen molar-refractivity contribution >= 4 is 29.3 Å². The number of primary amides is 1. The molecule has 3 unspecified atom stereocenters. The van der Waals surface area contributed by atoms with Crippen molar-refractivity contribution in [1.82, 2.24) is 0 Å². The van der Waals surface area contributed by atoms with E-state index < -0.39 is 24.2 Å². The molecule has 3 atom stereocenters. The first kappa shape index (κ1) is 33.0. The molecule has 38 heavy (non-hydrogen) atoms. The first-order valence-corrected chi connectivity index (χ1v) is 13.0. The number of ether oxygens (including phenoxy) is 3. The van der Waals surface area contributed by atoms with Gasteiger partial charge < -0.3 is 35.5 Å². The van der Waals surface area contributed by atoms with Gasteiger partial charge in [-0.25, -0.2) is 4.79 Å². The van der Waals surface area contributed by atoms with Crippen LogP contribution in [0.15, 0.2) is 41.5 Å². The SMILES string of the molecule is CC.COC1CC/C=C(\C)C(OC(N)=O)C(OC)/C=C\C=C(/C)C(=O)Nc2cc(Cl)c(O)c(c2O)CCC1. The molecule has 2 rings (SSSR count). The Kier molecular flexibility index (Phi) is 14.6. The van der Waals surface area contributed by atoms with E-state index in [0.29, 0.717) is 37.7 Å². The molecule has 9 nitrogen and oxygen atoms in total. The lowest BCUT2D eigenvalue weighted by molar-refractivity contribution is -0.112. The highest BCUT2D eigenvalue weighted by Gasteiger charge is 2.24. The van der Waals surface area contributed by atoms with Crippen molar-refractivity contribution in [2.24, 2.45) is 5.73 Å². The molecule has 1 aliphatic rings. The molecule has 1 aromatic carbocycles. The van der Waals surface area contributed by atoms with Gasteiger partial charge in [0.05, 0.1) is 16.8 Å². The minimum absolute atomic E-state index is 0.0258. The zero-order chi connectivity index (χ0) is 28.8. The molecule has 0 aromatic heterocycles. The topological polar surface area (TPSA) is 140 Å². The van der Waals surface area contributed by atoms with Gasteiger partial charge in [-0.05, 0) is 57.6 Å². The van der Waals surface area contributed by atoms with Gasteiger partial charge in [-0.1, -0.05) is 49.8 Å². The Morgan fingerprint density at radius 3 is 2.42 bits per heavy atom. The molecular formula is C28H41ClN2O7. The molecule has 212 valence electrons. The van der Waals surface area contributed by atoms with E-state index >= 15 is 0 Å². The number of anilines is 1. The summed E-state index contributed by atoms with van der Waals surface area (Å²) < 4.78 is 16.4.